The molecule has 1 fully saturated rings. The van der Waals surface area contributed by atoms with Gasteiger partial charge in [0.05, 0.1) is 19.1 Å². The van der Waals surface area contributed by atoms with Crippen molar-refractivity contribution < 1.29 is 18.7 Å². The van der Waals surface area contributed by atoms with Gasteiger partial charge in [0.2, 0.25) is 5.91 Å². The number of rotatable bonds is 6. The summed E-state index contributed by atoms with van der Waals surface area (Å²) in [6.07, 6.45) is 0. The van der Waals surface area contributed by atoms with Crippen molar-refractivity contribution in [2.24, 2.45) is 0 Å². The fourth-order valence-electron chi connectivity index (χ4n) is 5.47. The van der Waals surface area contributed by atoms with Crippen LogP contribution >= 0.6 is 0 Å². The summed E-state index contributed by atoms with van der Waals surface area (Å²) in [5.41, 5.74) is 2.96. The zero-order valence-electron chi connectivity index (χ0n) is 21.3. The van der Waals surface area contributed by atoms with Crippen LogP contribution in [0.25, 0.3) is 0 Å². The average Bonchev–Trinajstić information content (AvgIpc) is 2.95. The smallest absolute Gasteiger partial charge is 0.255 e. The second-order valence-corrected chi connectivity index (χ2v) is 9.60. The molecule has 3 aromatic rings. The van der Waals surface area contributed by atoms with E-state index in [1.54, 1.807) is 30.2 Å². The van der Waals surface area contributed by atoms with Gasteiger partial charge in [-0.3, -0.25) is 9.59 Å². The van der Waals surface area contributed by atoms with Crippen LogP contribution in [-0.2, 0) is 11.3 Å². The van der Waals surface area contributed by atoms with Crippen LogP contribution in [0.4, 0.5) is 4.39 Å². The second-order valence-electron chi connectivity index (χ2n) is 9.60. The largest absolute Gasteiger partial charge is 0.497 e. The molecule has 0 aliphatic carbocycles. The number of carbonyl (C=O) groups excluding carboxylic acids is 2. The van der Waals surface area contributed by atoms with Crippen LogP contribution in [0, 0.1) is 5.82 Å². The molecule has 7 heteroatoms. The van der Waals surface area contributed by atoms with Crippen molar-refractivity contribution in [3.63, 3.8) is 0 Å². The molecule has 37 heavy (non-hydrogen) atoms. The summed E-state index contributed by atoms with van der Waals surface area (Å²) in [5.74, 6) is -0.294. The highest BCUT2D eigenvalue weighted by Gasteiger charge is 2.45. The third kappa shape index (κ3) is 4.96. The second kappa shape index (κ2) is 10.7. The minimum atomic E-state index is -0.559. The van der Waals surface area contributed by atoms with Crippen LogP contribution < -0.4 is 4.74 Å². The van der Waals surface area contributed by atoms with E-state index in [9.17, 15) is 14.0 Å². The van der Waals surface area contributed by atoms with Gasteiger partial charge in [-0.1, -0.05) is 49.4 Å². The van der Waals surface area contributed by atoms with Crippen molar-refractivity contribution >= 4 is 11.8 Å². The number of piperazine rings is 1. The molecule has 5 rings (SSSR count). The van der Waals surface area contributed by atoms with E-state index < -0.39 is 12.0 Å². The number of hydrogen-bond donors (Lipinski definition) is 0. The normalized spacial score (nSPS) is 20.0. The molecule has 1 saturated heterocycles. The number of nitrogens with zero attached hydrogens (tertiary/aromatic N) is 3. The van der Waals surface area contributed by atoms with Gasteiger partial charge in [0.15, 0.2) is 0 Å². The van der Waals surface area contributed by atoms with E-state index in [0.717, 1.165) is 36.3 Å². The number of fused-ring (bicyclic) bond motifs is 1. The lowest BCUT2D eigenvalue weighted by Gasteiger charge is -2.44. The first-order valence-corrected chi connectivity index (χ1v) is 12.8. The Kier molecular flexibility index (Phi) is 7.24. The topological polar surface area (TPSA) is 53.1 Å². The van der Waals surface area contributed by atoms with Crippen molar-refractivity contribution in [2.75, 3.05) is 39.8 Å². The lowest BCUT2D eigenvalue weighted by molar-refractivity contribution is -0.136. The lowest BCUT2D eigenvalue weighted by atomic mass is 9.78. The van der Waals surface area contributed by atoms with Crippen molar-refractivity contribution in [1.29, 1.82) is 0 Å². The SMILES string of the molecule is CCN1CCN(C(=O)[C@@H]2c3ccccc3C(=O)N(Cc3ccc(F)cc3)[C@H]2c2ccc(OC)cc2)CC1. The van der Waals surface area contributed by atoms with Crippen LogP contribution in [0.5, 0.6) is 5.75 Å². The summed E-state index contributed by atoms with van der Waals surface area (Å²) < 4.78 is 19.0. The van der Waals surface area contributed by atoms with Crippen LogP contribution in [0.15, 0.2) is 72.8 Å². The maximum absolute atomic E-state index is 14.3. The van der Waals surface area contributed by atoms with Crippen LogP contribution in [0.2, 0.25) is 0 Å². The molecule has 2 atom stereocenters. The maximum Gasteiger partial charge on any atom is 0.255 e. The van der Waals surface area contributed by atoms with Crippen LogP contribution in [0.1, 0.15) is 45.9 Å². The first-order chi connectivity index (χ1) is 18.0. The summed E-state index contributed by atoms with van der Waals surface area (Å²) >= 11 is 0. The van der Waals surface area contributed by atoms with Crippen LogP contribution in [0.3, 0.4) is 0 Å². The summed E-state index contributed by atoms with van der Waals surface area (Å²) in [5, 5.41) is 0. The molecule has 0 saturated carbocycles. The zero-order valence-corrected chi connectivity index (χ0v) is 21.3. The van der Waals surface area contributed by atoms with Gasteiger partial charge in [0.25, 0.3) is 5.91 Å². The number of amides is 2. The number of halogens is 1. The van der Waals surface area contributed by atoms with E-state index in [-0.39, 0.29) is 24.2 Å². The fourth-order valence-corrected chi connectivity index (χ4v) is 5.47. The van der Waals surface area contributed by atoms with Crippen molar-refractivity contribution in [3.8, 4) is 5.75 Å². The molecule has 192 valence electrons. The predicted molar refractivity (Wildman–Crippen MR) is 140 cm³/mol. The van der Waals surface area contributed by atoms with Gasteiger partial charge in [-0.25, -0.2) is 4.39 Å². The molecular formula is C30H32FN3O3. The molecule has 2 heterocycles. The Balaban J connectivity index is 1.60. The quantitative estimate of drug-likeness (QED) is 0.500. The number of hydrogen-bond acceptors (Lipinski definition) is 4. The third-order valence-corrected chi connectivity index (χ3v) is 7.56. The summed E-state index contributed by atoms with van der Waals surface area (Å²) in [4.78, 5) is 34.2. The number of carbonyl (C=O) groups is 2. The Morgan fingerprint density at radius 3 is 2.27 bits per heavy atom. The Bertz CT molecular complexity index is 1250. The summed E-state index contributed by atoms with van der Waals surface area (Å²) in [7, 11) is 1.61. The highest BCUT2D eigenvalue weighted by atomic mass is 19.1. The zero-order chi connectivity index (χ0) is 25.9. The highest BCUT2D eigenvalue weighted by molar-refractivity contribution is 6.01. The standard InChI is InChI=1S/C30H32FN3O3/c1-3-32-16-18-33(19-17-32)30(36)27-25-6-4-5-7-26(25)29(35)34(20-21-8-12-23(31)13-9-21)28(27)22-10-14-24(37-2)15-11-22/h4-15,27-28H,3,16-20H2,1-2H3/t27-,28+/m1/s1. The molecule has 6 nitrogen and oxygen atoms in total. The Labute approximate surface area is 217 Å². The monoisotopic (exact) mass is 501 g/mol. The predicted octanol–water partition coefficient (Wildman–Crippen LogP) is 4.48. The molecular weight excluding hydrogens is 469 g/mol. The minimum Gasteiger partial charge on any atom is -0.497 e. The van der Waals surface area contributed by atoms with Gasteiger partial charge in [0, 0.05) is 38.3 Å². The lowest BCUT2D eigenvalue weighted by Crippen LogP contribution is -2.53. The van der Waals surface area contributed by atoms with Crippen LogP contribution in [-0.4, -0.2) is 66.3 Å². The molecule has 0 aromatic heterocycles. The van der Waals surface area contributed by atoms with Crippen molar-refractivity contribution in [3.05, 3.63) is 101 Å². The average molecular weight is 502 g/mol. The number of benzene rings is 3. The molecule has 0 radical (unpaired) electrons. The molecule has 2 amide bonds. The van der Waals surface area contributed by atoms with Gasteiger partial charge in [-0.2, -0.15) is 0 Å². The summed E-state index contributed by atoms with van der Waals surface area (Å²) in [6, 6.07) is 20.7. The van der Waals surface area contributed by atoms with E-state index >= 15 is 0 Å². The molecule has 0 spiro atoms. The van der Waals surface area contributed by atoms with Gasteiger partial charge >= 0.3 is 0 Å². The van der Waals surface area contributed by atoms with Gasteiger partial charge in [0.1, 0.15) is 11.6 Å². The molecule has 2 aliphatic heterocycles. The van der Waals surface area contributed by atoms with E-state index in [2.05, 4.69) is 11.8 Å². The van der Waals surface area contributed by atoms with Gasteiger partial charge < -0.3 is 19.4 Å². The molecule has 2 aliphatic rings. The molecule has 3 aromatic carbocycles. The first-order valence-electron chi connectivity index (χ1n) is 12.8. The minimum absolute atomic E-state index is 0.0284. The molecule has 0 N–H and O–H groups in total. The van der Waals surface area contributed by atoms with Gasteiger partial charge in [-0.05, 0) is 53.6 Å². The Hall–Kier alpha value is -3.71. The van der Waals surface area contributed by atoms with E-state index in [4.69, 9.17) is 4.74 Å². The Morgan fingerprint density at radius 1 is 0.946 bits per heavy atom. The van der Waals surface area contributed by atoms with Crippen molar-refractivity contribution in [1.82, 2.24) is 14.7 Å². The van der Waals surface area contributed by atoms with E-state index in [1.807, 2.05) is 47.4 Å². The third-order valence-electron chi connectivity index (χ3n) is 7.56. The van der Waals surface area contributed by atoms with E-state index in [0.29, 0.717) is 24.4 Å². The number of ether oxygens (including phenoxy) is 1. The van der Waals surface area contributed by atoms with Gasteiger partial charge in [-0.15, -0.1) is 0 Å². The van der Waals surface area contributed by atoms with Crippen molar-refractivity contribution in [2.45, 2.75) is 25.4 Å². The first kappa shape index (κ1) is 25.0. The van der Waals surface area contributed by atoms with E-state index in [1.165, 1.54) is 12.1 Å². The fraction of sp³-hybridized carbons (Fsp3) is 0.333. The summed E-state index contributed by atoms with van der Waals surface area (Å²) in [6.45, 7) is 6.34. The maximum atomic E-state index is 14.3. The molecule has 0 bridgehead atoms. The Morgan fingerprint density at radius 2 is 1.62 bits per heavy atom. The number of likely N-dealkylation sites (N-methyl/N-ethyl adjacent to an activating group) is 1. The number of methoxy groups -OCH3 is 1. The molecule has 0 unspecified atom stereocenters. The highest BCUT2D eigenvalue weighted by Crippen LogP contribution is 2.44.